The molecular weight excluding hydrogens is 290 g/mol. The third-order valence-electron chi connectivity index (χ3n) is 2.74. The van der Waals surface area contributed by atoms with Crippen molar-refractivity contribution in [3.63, 3.8) is 0 Å². The molecule has 0 aliphatic heterocycles. The van der Waals surface area contributed by atoms with Gasteiger partial charge in [0.05, 0.1) is 4.90 Å². The molecule has 0 bridgehead atoms. The second-order valence-electron chi connectivity index (χ2n) is 4.48. The third kappa shape index (κ3) is 4.61. The minimum Gasteiger partial charge on any atom is -0.444 e. The van der Waals surface area contributed by atoms with Gasteiger partial charge < -0.3 is 4.74 Å². The summed E-state index contributed by atoms with van der Waals surface area (Å²) in [6, 6.07) is 15.2. The van der Waals surface area contributed by atoms with Crippen LogP contribution < -0.4 is 5.32 Å². The van der Waals surface area contributed by atoms with Gasteiger partial charge in [0.1, 0.15) is 6.61 Å². The van der Waals surface area contributed by atoms with E-state index in [1.54, 1.807) is 0 Å². The van der Waals surface area contributed by atoms with Crippen LogP contribution in [0.2, 0.25) is 0 Å². The lowest BCUT2D eigenvalue weighted by Gasteiger charge is -2.07. The largest absolute Gasteiger partial charge is 0.444 e. The van der Waals surface area contributed by atoms with E-state index < -0.39 is 15.9 Å². The molecule has 0 aliphatic carbocycles. The van der Waals surface area contributed by atoms with Crippen molar-refractivity contribution in [3.05, 3.63) is 60.2 Å². The Bertz CT molecular complexity index is 709. The molecule has 0 aromatic heterocycles. The van der Waals surface area contributed by atoms with E-state index in [1.807, 2.05) is 30.3 Å². The highest BCUT2D eigenvalue weighted by molar-refractivity contribution is 7.90. The minimum absolute atomic E-state index is 0.175. The molecule has 1 amide bonds. The quantitative estimate of drug-likeness (QED) is 0.942. The van der Waals surface area contributed by atoms with Crippen LogP contribution in [0.25, 0.3) is 0 Å². The fourth-order valence-corrected chi connectivity index (χ4v) is 2.29. The number of carbonyl (C=O) groups excluding carboxylic acids is 1. The Morgan fingerprint density at radius 3 is 2.24 bits per heavy atom. The van der Waals surface area contributed by atoms with Crippen LogP contribution in [0.15, 0.2) is 59.5 Å². The van der Waals surface area contributed by atoms with Crippen molar-refractivity contribution < 1.29 is 17.9 Å². The summed E-state index contributed by atoms with van der Waals surface area (Å²) >= 11 is 0. The van der Waals surface area contributed by atoms with Crippen LogP contribution in [0.5, 0.6) is 0 Å². The lowest BCUT2D eigenvalue weighted by Crippen LogP contribution is -2.13. The van der Waals surface area contributed by atoms with E-state index in [0.29, 0.717) is 5.69 Å². The van der Waals surface area contributed by atoms with Gasteiger partial charge in [-0.05, 0) is 29.8 Å². The molecule has 0 unspecified atom stereocenters. The van der Waals surface area contributed by atoms with Crippen molar-refractivity contribution >= 4 is 21.6 Å². The third-order valence-corrected chi connectivity index (χ3v) is 3.87. The van der Waals surface area contributed by atoms with E-state index in [1.165, 1.54) is 24.3 Å². The standard InChI is InChI=1S/C15H15NO4S/c1-21(18,19)14-9-7-13(8-10-14)16-15(17)20-11-12-5-3-2-4-6-12/h2-10H,11H2,1H3,(H,16,17). The van der Waals surface area contributed by atoms with Crippen LogP contribution in [0.4, 0.5) is 10.5 Å². The summed E-state index contributed by atoms with van der Waals surface area (Å²) in [4.78, 5) is 11.8. The number of sulfone groups is 1. The van der Waals surface area contributed by atoms with E-state index in [9.17, 15) is 13.2 Å². The van der Waals surface area contributed by atoms with E-state index >= 15 is 0 Å². The Labute approximate surface area is 123 Å². The smallest absolute Gasteiger partial charge is 0.411 e. The summed E-state index contributed by atoms with van der Waals surface area (Å²) in [5.74, 6) is 0. The van der Waals surface area contributed by atoms with E-state index in [0.717, 1.165) is 11.8 Å². The average molecular weight is 305 g/mol. The van der Waals surface area contributed by atoms with Gasteiger partial charge in [-0.15, -0.1) is 0 Å². The first kappa shape index (κ1) is 15.1. The van der Waals surface area contributed by atoms with E-state index in [2.05, 4.69) is 5.32 Å². The lowest BCUT2D eigenvalue weighted by molar-refractivity contribution is 0.155. The zero-order chi connectivity index (χ0) is 15.3. The van der Waals surface area contributed by atoms with Crippen LogP contribution in [0.3, 0.4) is 0 Å². The first-order chi connectivity index (χ1) is 9.95. The summed E-state index contributed by atoms with van der Waals surface area (Å²) in [6.07, 6.45) is 0.537. The Kier molecular flexibility index (Phi) is 4.59. The predicted octanol–water partition coefficient (Wildman–Crippen LogP) is 2.84. The number of hydrogen-bond acceptors (Lipinski definition) is 4. The number of ether oxygens (including phenoxy) is 1. The second-order valence-corrected chi connectivity index (χ2v) is 6.50. The molecule has 0 radical (unpaired) electrons. The number of anilines is 1. The second kappa shape index (κ2) is 6.41. The van der Waals surface area contributed by atoms with Gasteiger partial charge in [0.25, 0.3) is 0 Å². The Hall–Kier alpha value is -2.34. The van der Waals surface area contributed by atoms with Gasteiger partial charge >= 0.3 is 6.09 Å². The van der Waals surface area contributed by atoms with Crippen molar-refractivity contribution in [2.24, 2.45) is 0 Å². The Morgan fingerprint density at radius 2 is 1.67 bits per heavy atom. The van der Waals surface area contributed by atoms with Crippen molar-refractivity contribution in [2.75, 3.05) is 11.6 Å². The van der Waals surface area contributed by atoms with Crippen molar-refractivity contribution in [1.29, 1.82) is 0 Å². The molecule has 0 spiro atoms. The number of rotatable bonds is 4. The highest BCUT2D eigenvalue weighted by Crippen LogP contribution is 2.14. The summed E-state index contributed by atoms with van der Waals surface area (Å²) in [5, 5.41) is 2.53. The molecule has 0 aliphatic rings. The maximum atomic E-state index is 11.6. The monoisotopic (exact) mass is 305 g/mol. The maximum Gasteiger partial charge on any atom is 0.411 e. The van der Waals surface area contributed by atoms with Gasteiger partial charge in [-0.3, -0.25) is 5.32 Å². The molecule has 0 saturated carbocycles. The molecule has 0 atom stereocenters. The molecule has 0 saturated heterocycles. The summed E-state index contributed by atoms with van der Waals surface area (Å²) in [6.45, 7) is 0.175. The van der Waals surface area contributed by atoms with E-state index in [-0.39, 0.29) is 11.5 Å². The van der Waals surface area contributed by atoms with Gasteiger partial charge in [-0.1, -0.05) is 30.3 Å². The first-order valence-electron chi connectivity index (χ1n) is 6.23. The van der Waals surface area contributed by atoms with Gasteiger partial charge in [-0.25, -0.2) is 13.2 Å². The summed E-state index contributed by atoms with van der Waals surface area (Å²) in [5.41, 5.74) is 1.36. The molecule has 2 rings (SSSR count). The number of nitrogens with one attached hydrogen (secondary N) is 1. The highest BCUT2D eigenvalue weighted by Gasteiger charge is 2.08. The molecule has 2 aromatic rings. The molecular formula is C15H15NO4S. The fourth-order valence-electron chi connectivity index (χ4n) is 1.66. The highest BCUT2D eigenvalue weighted by atomic mass is 32.2. The molecule has 2 aromatic carbocycles. The summed E-state index contributed by atoms with van der Waals surface area (Å²) < 4.78 is 27.7. The summed E-state index contributed by atoms with van der Waals surface area (Å²) in [7, 11) is -3.24. The van der Waals surface area contributed by atoms with Crippen molar-refractivity contribution in [2.45, 2.75) is 11.5 Å². The number of benzene rings is 2. The SMILES string of the molecule is CS(=O)(=O)c1ccc(NC(=O)OCc2ccccc2)cc1. The van der Waals surface area contributed by atoms with Gasteiger partial charge in [0, 0.05) is 11.9 Å². The number of amides is 1. The fraction of sp³-hybridized carbons (Fsp3) is 0.133. The number of carbonyl (C=O) groups is 1. The van der Waals surface area contributed by atoms with Crippen LogP contribution in [0, 0.1) is 0 Å². The van der Waals surface area contributed by atoms with Crippen LogP contribution in [-0.2, 0) is 21.2 Å². The van der Waals surface area contributed by atoms with E-state index in [4.69, 9.17) is 4.74 Å². The zero-order valence-corrected chi connectivity index (χ0v) is 12.3. The molecule has 1 N–H and O–H groups in total. The van der Waals surface area contributed by atoms with Crippen LogP contribution in [-0.4, -0.2) is 20.8 Å². The lowest BCUT2D eigenvalue weighted by atomic mass is 10.2. The minimum atomic E-state index is -3.24. The van der Waals surface area contributed by atoms with Gasteiger partial charge in [-0.2, -0.15) is 0 Å². The van der Waals surface area contributed by atoms with Crippen LogP contribution >= 0.6 is 0 Å². The molecule has 21 heavy (non-hydrogen) atoms. The topological polar surface area (TPSA) is 72.5 Å². The first-order valence-corrected chi connectivity index (χ1v) is 8.12. The molecule has 110 valence electrons. The Morgan fingerprint density at radius 1 is 1.05 bits per heavy atom. The van der Waals surface area contributed by atoms with Crippen molar-refractivity contribution in [1.82, 2.24) is 0 Å². The molecule has 6 heteroatoms. The zero-order valence-electron chi connectivity index (χ0n) is 11.4. The van der Waals surface area contributed by atoms with Crippen LogP contribution in [0.1, 0.15) is 5.56 Å². The molecule has 0 fully saturated rings. The normalized spacial score (nSPS) is 10.9. The van der Waals surface area contributed by atoms with Gasteiger partial charge in [0.2, 0.25) is 0 Å². The van der Waals surface area contributed by atoms with Gasteiger partial charge in [0.15, 0.2) is 9.84 Å². The predicted molar refractivity (Wildman–Crippen MR) is 79.8 cm³/mol. The molecule has 0 heterocycles. The maximum absolute atomic E-state index is 11.6. The molecule has 5 nitrogen and oxygen atoms in total. The van der Waals surface area contributed by atoms with Crippen molar-refractivity contribution in [3.8, 4) is 0 Å². The number of hydrogen-bond donors (Lipinski definition) is 1. The average Bonchev–Trinajstić information content (AvgIpc) is 2.46. The Balaban J connectivity index is 1.91.